The average Bonchev–Trinajstić information content (AvgIpc) is 2.65. The van der Waals surface area contributed by atoms with Crippen LogP contribution in [0.1, 0.15) is 28.8 Å². The zero-order valence-corrected chi connectivity index (χ0v) is 14.6. The number of allylic oxidation sites excluding steroid dienone is 4. The van der Waals surface area contributed by atoms with Gasteiger partial charge in [0.1, 0.15) is 5.56 Å². The van der Waals surface area contributed by atoms with Crippen LogP contribution in [0.3, 0.4) is 0 Å². The van der Waals surface area contributed by atoms with E-state index in [-0.39, 0.29) is 28.5 Å². The van der Waals surface area contributed by atoms with Gasteiger partial charge in [0.25, 0.3) is 5.56 Å². The molecule has 0 unspecified atom stereocenters. The number of thioether (sulfide) groups is 1. The highest BCUT2D eigenvalue weighted by Crippen LogP contribution is 2.27. The smallest absolute Gasteiger partial charge is 0.265 e. The van der Waals surface area contributed by atoms with E-state index in [9.17, 15) is 14.7 Å². The highest BCUT2D eigenvalue weighted by atomic mass is 32.2. The lowest BCUT2D eigenvalue weighted by atomic mass is 10.0. The Morgan fingerprint density at radius 3 is 2.72 bits per heavy atom. The summed E-state index contributed by atoms with van der Waals surface area (Å²) in [5, 5.41) is 10.5. The summed E-state index contributed by atoms with van der Waals surface area (Å²) >= 11 is 1.14. The Labute approximate surface area is 149 Å². The average molecular weight is 354 g/mol. The number of benzene rings is 1. The number of Topliss-reactive ketones (excluding diaryl/α,β-unsaturated/α-hetero) is 1. The standard InChI is InChI=1S/C19H18N2O3S/c1-21-18(24)16(14-10-6-3-7-11-14)17(23)20-19(21)25-12-15(22)13-8-4-2-5-9-13/h2,4-6,8-11,23H,3,7,12H2,1H3. The second-order valence-corrected chi connectivity index (χ2v) is 6.62. The van der Waals surface area contributed by atoms with Gasteiger partial charge >= 0.3 is 0 Å². The maximum Gasteiger partial charge on any atom is 0.265 e. The summed E-state index contributed by atoms with van der Waals surface area (Å²) in [6.45, 7) is 0. The maximum absolute atomic E-state index is 12.6. The van der Waals surface area contributed by atoms with Gasteiger partial charge in [0.2, 0.25) is 5.88 Å². The third kappa shape index (κ3) is 3.74. The minimum atomic E-state index is -0.319. The first-order valence-corrected chi connectivity index (χ1v) is 8.94. The molecular formula is C19H18N2O3S. The topological polar surface area (TPSA) is 72.2 Å². The first-order valence-electron chi connectivity index (χ1n) is 7.96. The van der Waals surface area contributed by atoms with Crippen LogP contribution in [0.25, 0.3) is 5.57 Å². The minimum absolute atomic E-state index is 0.0543. The Hall–Kier alpha value is -2.60. The van der Waals surface area contributed by atoms with Crippen LogP contribution in [0, 0.1) is 0 Å². The van der Waals surface area contributed by atoms with Gasteiger partial charge in [-0.15, -0.1) is 0 Å². The molecule has 6 heteroatoms. The van der Waals surface area contributed by atoms with Crippen molar-refractivity contribution in [2.75, 3.05) is 5.75 Å². The number of rotatable bonds is 5. The number of carbonyl (C=O) groups excluding carboxylic acids is 1. The molecule has 1 aliphatic carbocycles. The van der Waals surface area contributed by atoms with Crippen LogP contribution in [0.15, 0.2) is 58.5 Å². The fourth-order valence-electron chi connectivity index (χ4n) is 2.59. The van der Waals surface area contributed by atoms with E-state index in [4.69, 9.17) is 0 Å². The molecule has 0 aliphatic heterocycles. The number of aromatic nitrogens is 2. The van der Waals surface area contributed by atoms with Crippen molar-refractivity contribution in [1.82, 2.24) is 9.55 Å². The predicted molar refractivity (Wildman–Crippen MR) is 99.0 cm³/mol. The molecule has 1 aromatic carbocycles. The van der Waals surface area contributed by atoms with Gasteiger partial charge < -0.3 is 5.11 Å². The Bertz CT molecular complexity index is 914. The van der Waals surface area contributed by atoms with Crippen LogP contribution in [0.2, 0.25) is 0 Å². The monoisotopic (exact) mass is 354 g/mol. The molecule has 0 amide bonds. The Morgan fingerprint density at radius 2 is 2.04 bits per heavy atom. The van der Waals surface area contributed by atoms with Crippen LogP contribution in [0.4, 0.5) is 0 Å². The van der Waals surface area contributed by atoms with E-state index < -0.39 is 0 Å². The summed E-state index contributed by atoms with van der Waals surface area (Å²) in [5.74, 6) is -0.206. The van der Waals surface area contributed by atoms with Crippen LogP contribution in [-0.2, 0) is 7.05 Å². The molecule has 0 fully saturated rings. The van der Waals surface area contributed by atoms with Gasteiger partial charge in [-0.25, -0.2) is 0 Å². The molecule has 3 rings (SSSR count). The molecule has 2 aromatic rings. The van der Waals surface area contributed by atoms with Crippen LogP contribution in [0.5, 0.6) is 5.88 Å². The third-order valence-electron chi connectivity index (χ3n) is 3.94. The van der Waals surface area contributed by atoms with Crippen molar-refractivity contribution in [3.63, 3.8) is 0 Å². The zero-order valence-electron chi connectivity index (χ0n) is 13.8. The van der Waals surface area contributed by atoms with Crippen molar-refractivity contribution in [2.45, 2.75) is 18.0 Å². The largest absolute Gasteiger partial charge is 0.493 e. The molecule has 0 spiro atoms. The van der Waals surface area contributed by atoms with Gasteiger partial charge in [-0.2, -0.15) is 4.98 Å². The molecule has 0 bridgehead atoms. The summed E-state index contributed by atoms with van der Waals surface area (Å²) in [6.07, 6.45) is 7.47. The number of aromatic hydroxyl groups is 1. The second kappa shape index (κ2) is 7.53. The van der Waals surface area contributed by atoms with E-state index in [1.165, 1.54) is 4.57 Å². The lowest BCUT2D eigenvalue weighted by molar-refractivity contribution is 0.102. The normalized spacial score (nSPS) is 13.6. The molecule has 0 saturated heterocycles. The fraction of sp³-hybridized carbons (Fsp3) is 0.211. The van der Waals surface area contributed by atoms with Crippen LogP contribution < -0.4 is 5.56 Å². The van der Waals surface area contributed by atoms with Gasteiger partial charge in [-0.1, -0.05) is 60.3 Å². The van der Waals surface area contributed by atoms with Crippen molar-refractivity contribution < 1.29 is 9.90 Å². The molecule has 0 radical (unpaired) electrons. The highest BCUT2D eigenvalue weighted by Gasteiger charge is 2.18. The highest BCUT2D eigenvalue weighted by molar-refractivity contribution is 7.99. The van der Waals surface area contributed by atoms with Gasteiger partial charge in [-0.05, 0) is 18.4 Å². The Balaban J connectivity index is 1.84. The lowest BCUT2D eigenvalue weighted by Crippen LogP contribution is -2.24. The van der Waals surface area contributed by atoms with Crippen LogP contribution in [-0.4, -0.2) is 26.2 Å². The molecule has 0 saturated carbocycles. The predicted octanol–water partition coefficient (Wildman–Crippen LogP) is 3.19. The summed E-state index contributed by atoms with van der Waals surface area (Å²) in [4.78, 5) is 28.9. The number of hydrogen-bond acceptors (Lipinski definition) is 5. The SMILES string of the molecule is Cn1c(SCC(=O)c2ccccc2)nc(O)c(C2=CCCC=C2)c1=O. The fourth-order valence-corrected chi connectivity index (χ4v) is 3.44. The van der Waals surface area contributed by atoms with Crippen molar-refractivity contribution in [3.05, 3.63) is 70.0 Å². The Kier molecular flexibility index (Phi) is 5.19. The molecule has 1 N–H and O–H groups in total. The van der Waals surface area contributed by atoms with Gasteiger partial charge in [0, 0.05) is 12.6 Å². The van der Waals surface area contributed by atoms with Gasteiger partial charge in [-0.3, -0.25) is 14.2 Å². The van der Waals surface area contributed by atoms with E-state index in [2.05, 4.69) is 4.98 Å². The van der Waals surface area contributed by atoms with E-state index in [0.29, 0.717) is 16.3 Å². The van der Waals surface area contributed by atoms with Gasteiger partial charge in [0.15, 0.2) is 10.9 Å². The number of nitrogens with zero attached hydrogens (tertiary/aromatic N) is 2. The maximum atomic E-state index is 12.6. The molecule has 25 heavy (non-hydrogen) atoms. The van der Waals surface area contributed by atoms with Crippen molar-refractivity contribution in [1.29, 1.82) is 0 Å². The number of carbonyl (C=O) groups is 1. The summed E-state index contributed by atoms with van der Waals surface area (Å²) < 4.78 is 1.38. The number of hydrogen-bond donors (Lipinski definition) is 1. The molecule has 1 heterocycles. The summed E-state index contributed by atoms with van der Waals surface area (Å²) in [7, 11) is 1.60. The summed E-state index contributed by atoms with van der Waals surface area (Å²) in [6, 6.07) is 8.95. The third-order valence-corrected chi connectivity index (χ3v) is 4.97. The molecule has 128 valence electrons. The van der Waals surface area contributed by atoms with Crippen molar-refractivity contribution >= 4 is 23.1 Å². The second-order valence-electron chi connectivity index (χ2n) is 5.67. The van der Waals surface area contributed by atoms with E-state index in [0.717, 1.165) is 24.6 Å². The Morgan fingerprint density at radius 1 is 1.28 bits per heavy atom. The van der Waals surface area contributed by atoms with E-state index >= 15 is 0 Å². The molecule has 0 atom stereocenters. The zero-order chi connectivity index (χ0) is 17.8. The van der Waals surface area contributed by atoms with Crippen LogP contribution >= 0.6 is 11.8 Å². The minimum Gasteiger partial charge on any atom is -0.493 e. The van der Waals surface area contributed by atoms with Crippen molar-refractivity contribution in [2.24, 2.45) is 7.05 Å². The molecule has 5 nitrogen and oxygen atoms in total. The van der Waals surface area contributed by atoms with Gasteiger partial charge in [0.05, 0.1) is 5.75 Å². The van der Waals surface area contributed by atoms with E-state index in [1.54, 1.807) is 31.3 Å². The van der Waals surface area contributed by atoms with Crippen molar-refractivity contribution in [3.8, 4) is 5.88 Å². The number of ketones is 1. The lowest BCUT2D eigenvalue weighted by Gasteiger charge is -2.12. The molecule has 1 aromatic heterocycles. The quantitative estimate of drug-likeness (QED) is 0.507. The molecular weight excluding hydrogens is 336 g/mol. The first kappa shape index (κ1) is 17.2. The van der Waals surface area contributed by atoms with E-state index in [1.807, 2.05) is 24.3 Å². The molecule has 1 aliphatic rings. The summed E-state index contributed by atoms with van der Waals surface area (Å²) in [5.41, 5.74) is 1.18. The first-order chi connectivity index (χ1) is 12.1.